The molecule has 8 rings (SSSR count). The maximum atomic E-state index is 13.0. The summed E-state index contributed by atoms with van der Waals surface area (Å²) in [5.74, 6) is -1.49. The number of carboxylic acids is 1. The van der Waals surface area contributed by atoms with Crippen molar-refractivity contribution in [3.05, 3.63) is 135 Å². The molecular formula is C49H54N2Na2O15S4. The van der Waals surface area contributed by atoms with Crippen molar-refractivity contribution >= 4 is 57.8 Å². The molecule has 0 saturated heterocycles. The molecule has 376 valence electrons. The third kappa shape index (κ3) is 12.3. The molecule has 4 aliphatic heterocycles. The van der Waals surface area contributed by atoms with Gasteiger partial charge in [-0.15, -0.1) is 0 Å². The van der Waals surface area contributed by atoms with Crippen molar-refractivity contribution in [1.29, 1.82) is 0 Å². The zero-order chi connectivity index (χ0) is 50.6. The minimum atomic E-state index is -4.98. The predicted octanol–water partition coefficient (Wildman–Crippen LogP) is 1.44. The maximum Gasteiger partial charge on any atom is 1.00 e. The fraction of sp³-hybridized carbons (Fsp3) is 0.408. The van der Waals surface area contributed by atoms with Gasteiger partial charge in [0.2, 0.25) is 0 Å². The molecule has 0 fully saturated rings. The van der Waals surface area contributed by atoms with Crippen LogP contribution in [0.1, 0.15) is 111 Å². The van der Waals surface area contributed by atoms with E-state index in [-0.39, 0.29) is 113 Å². The number of carbonyl (C=O) groups is 1. The summed E-state index contributed by atoms with van der Waals surface area (Å²) in [6.45, 7) is 4.69. The van der Waals surface area contributed by atoms with E-state index in [0.29, 0.717) is 108 Å². The first-order chi connectivity index (χ1) is 32.8. The van der Waals surface area contributed by atoms with Crippen LogP contribution in [-0.4, -0.2) is 87.6 Å². The molecule has 2 unspecified atom stereocenters. The van der Waals surface area contributed by atoms with Gasteiger partial charge in [-0.25, -0.2) is 21.6 Å². The Balaban J connectivity index is 0.00000423. The molecule has 17 nitrogen and oxygen atoms in total. The summed E-state index contributed by atoms with van der Waals surface area (Å²) >= 11 is 0. The normalized spacial score (nSPS) is 21.9. The zero-order valence-corrected chi connectivity index (χ0v) is 47.9. The van der Waals surface area contributed by atoms with Gasteiger partial charge in [-0.2, -0.15) is 16.8 Å². The van der Waals surface area contributed by atoms with E-state index in [1.54, 1.807) is 12.1 Å². The van der Waals surface area contributed by atoms with Crippen molar-refractivity contribution in [3.63, 3.8) is 0 Å². The Hall–Kier alpha value is -3.13. The number of nitrogens with zero attached hydrogens (tertiary/aromatic N) is 2. The first-order valence-electron chi connectivity index (χ1n) is 23.0. The first kappa shape index (κ1) is 58.1. The quantitative estimate of drug-likeness (QED) is 0.0924. The number of rotatable bonds is 18. The van der Waals surface area contributed by atoms with Crippen molar-refractivity contribution in [3.8, 4) is 5.75 Å². The van der Waals surface area contributed by atoms with E-state index in [9.17, 15) is 61.8 Å². The molecular weight excluding hydrogens is 1030 g/mol. The Bertz CT molecular complexity index is 3280. The Kier molecular flexibility index (Phi) is 17.9. The van der Waals surface area contributed by atoms with Gasteiger partial charge in [0, 0.05) is 64.1 Å². The molecule has 0 aromatic heterocycles. The predicted molar refractivity (Wildman–Crippen MR) is 259 cm³/mol. The summed E-state index contributed by atoms with van der Waals surface area (Å²) in [5.41, 5.74) is 4.29. The second-order valence-corrected chi connectivity index (χ2v) is 24.8. The van der Waals surface area contributed by atoms with Crippen molar-refractivity contribution in [2.75, 3.05) is 34.4 Å². The number of aromatic carboxylic acids is 1. The molecule has 0 saturated carbocycles. The smallest absolute Gasteiger partial charge is 0.748 e. The molecule has 3 N–H and O–H groups in total. The van der Waals surface area contributed by atoms with Crippen LogP contribution >= 0.6 is 0 Å². The van der Waals surface area contributed by atoms with Crippen LogP contribution in [0.15, 0.2) is 117 Å². The van der Waals surface area contributed by atoms with Gasteiger partial charge in [-0.05, 0) is 141 Å². The number of anilines is 2. The summed E-state index contributed by atoms with van der Waals surface area (Å²) in [4.78, 5) is 15.1. The molecule has 1 aliphatic carbocycles. The van der Waals surface area contributed by atoms with Crippen LogP contribution < -0.4 is 73.7 Å². The largest absolute Gasteiger partial charge is 1.00 e. The van der Waals surface area contributed by atoms with Gasteiger partial charge in [-0.3, -0.25) is 9.11 Å². The average Bonchev–Trinajstić information content (AvgIpc) is 3.80. The second kappa shape index (κ2) is 22.2. The number of hydrogen-bond donors (Lipinski definition) is 3. The summed E-state index contributed by atoms with van der Waals surface area (Å²) in [7, 11) is -18.5. The number of benzene rings is 3. The molecule has 0 spiro atoms. The minimum Gasteiger partial charge on any atom is -0.748 e. The van der Waals surface area contributed by atoms with Gasteiger partial charge in [0.1, 0.15) is 26.5 Å². The van der Waals surface area contributed by atoms with Crippen molar-refractivity contribution < 1.29 is 126 Å². The molecule has 0 amide bonds. The van der Waals surface area contributed by atoms with Crippen LogP contribution in [-0.2, 0) is 64.1 Å². The second-order valence-electron chi connectivity index (χ2n) is 18.9. The Morgan fingerprint density at radius 3 is 1.96 bits per heavy atom. The third-order valence-electron chi connectivity index (χ3n) is 14.2. The molecule has 2 atom stereocenters. The van der Waals surface area contributed by atoms with Crippen LogP contribution in [0.2, 0.25) is 0 Å². The number of ether oxygens (including phenoxy) is 1. The number of allylic oxidation sites excluding steroid dienone is 8. The van der Waals surface area contributed by atoms with Gasteiger partial charge in [0.25, 0.3) is 20.2 Å². The van der Waals surface area contributed by atoms with Gasteiger partial charge < -0.3 is 28.7 Å². The Labute approximate surface area is 465 Å². The molecule has 5 aliphatic rings. The third-order valence-corrected chi connectivity index (χ3v) is 17.6. The maximum absolute atomic E-state index is 13.0. The SMILES string of the molecule is CC1(CCCCS(=O)(=O)O)C(/C=C/C2=C(Oc3ccc(C(=O)O)cc3)C(=C/C=C3/N4CCCc5ccc(S(=O)(=O)[O-])c(c54)C3(C)CCCCS(=O)(=O)[O-])/CCC2)=CN2CCc3ccc(S(=O)(=O)O)c1c32.[Na+].[Na+]. The number of carboxylic acid groups (broad SMARTS) is 1. The molecule has 3 aromatic rings. The van der Waals surface area contributed by atoms with Gasteiger partial charge in [0.05, 0.1) is 26.3 Å². The van der Waals surface area contributed by atoms with Crippen molar-refractivity contribution in [2.24, 2.45) is 0 Å². The van der Waals surface area contributed by atoms with Gasteiger partial charge in [0.15, 0.2) is 0 Å². The summed E-state index contributed by atoms with van der Waals surface area (Å²) < 4.78 is 150. The van der Waals surface area contributed by atoms with E-state index in [4.69, 9.17) is 4.74 Å². The van der Waals surface area contributed by atoms with E-state index in [0.717, 1.165) is 11.1 Å². The van der Waals surface area contributed by atoms with Crippen molar-refractivity contribution in [1.82, 2.24) is 0 Å². The Morgan fingerprint density at radius 1 is 0.708 bits per heavy atom. The van der Waals surface area contributed by atoms with Crippen molar-refractivity contribution in [2.45, 2.75) is 112 Å². The van der Waals surface area contributed by atoms with Crippen LogP contribution in [0.25, 0.3) is 0 Å². The summed E-state index contributed by atoms with van der Waals surface area (Å²) in [5, 5.41) is 9.63. The topological polar surface area (TPSA) is 276 Å². The average molecular weight is 1090 g/mol. The summed E-state index contributed by atoms with van der Waals surface area (Å²) in [6.07, 6.45) is 14.0. The van der Waals surface area contributed by atoms with E-state index < -0.39 is 68.8 Å². The first-order valence-corrected chi connectivity index (χ1v) is 29.1. The van der Waals surface area contributed by atoms with E-state index >= 15 is 0 Å². The molecule has 0 radical (unpaired) electrons. The minimum absolute atomic E-state index is 0. The zero-order valence-electron chi connectivity index (χ0n) is 40.6. The van der Waals surface area contributed by atoms with E-state index in [1.165, 1.54) is 36.4 Å². The molecule has 3 aromatic carbocycles. The van der Waals surface area contributed by atoms with Crippen LogP contribution in [0.3, 0.4) is 0 Å². The molecule has 4 heterocycles. The molecule has 23 heteroatoms. The van der Waals surface area contributed by atoms with Crippen LogP contribution in [0, 0.1) is 0 Å². The van der Waals surface area contributed by atoms with Gasteiger partial charge >= 0.3 is 65.1 Å². The van der Waals surface area contributed by atoms with Crippen LogP contribution in [0.5, 0.6) is 5.75 Å². The van der Waals surface area contributed by atoms with E-state index in [2.05, 4.69) is 0 Å². The standard InChI is InChI=1S/C49H56N2O15S4.2Na/c1-48(25-3-5-29-67(54,55)56)37(31-50-28-24-33-16-22-39(69(60,61)62)42(48)44(33)50)18-12-34-9-7-10-35(46(34)66-38-19-13-36(14-20-38)47(52)53)17-23-41-49(2,26-4-6-30-68(57,58)59)43-40(70(63,64)65)21-15-32-11-8-27-51(41)45(32)43;;/h12-23,31H,3-11,24-30H2,1-2H3,(H,52,53)(H,54,55,56)(H,57,58,59)(H,60,61,62)(H,63,64,65);;/q;2*+1/p-2/b18-12+,35-17+,41-23+;;. The molecule has 0 bridgehead atoms. The number of unbranched alkanes of at least 4 members (excludes halogenated alkanes) is 2. The fourth-order valence-corrected chi connectivity index (χ4v) is 13.7. The Morgan fingerprint density at radius 2 is 1.33 bits per heavy atom. The molecule has 72 heavy (non-hydrogen) atoms. The summed E-state index contributed by atoms with van der Waals surface area (Å²) in [6, 6.07) is 11.9. The fourth-order valence-electron chi connectivity index (χ4n) is 11.0. The number of hydrogen-bond acceptors (Lipinski definition) is 14. The van der Waals surface area contributed by atoms with Gasteiger partial charge in [-0.1, -0.05) is 50.1 Å². The van der Waals surface area contributed by atoms with E-state index in [1.807, 2.05) is 54.2 Å². The monoisotopic (exact) mass is 1080 g/mol. The number of aryl methyl sites for hydroxylation is 1. The van der Waals surface area contributed by atoms with Crippen LogP contribution in [0.4, 0.5) is 11.4 Å².